The van der Waals surface area contributed by atoms with Crippen LogP contribution >= 0.6 is 0 Å². The third kappa shape index (κ3) is 6.27. The molecule has 1 aliphatic heterocycles. The Labute approximate surface area is 211 Å². The lowest BCUT2D eigenvalue weighted by Crippen LogP contribution is -2.45. The summed E-state index contributed by atoms with van der Waals surface area (Å²) < 4.78 is 61.0. The topological polar surface area (TPSA) is 93.3 Å². The first-order valence-electron chi connectivity index (χ1n) is 11.7. The molecule has 2 aromatic carbocycles. The summed E-state index contributed by atoms with van der Waals surface area (Å²) >= 11 is 0. The van der Waals surface area contributed by atoms with Gasteiger partial charge in [-0.15, -0.1) is 0 Å². The molecule has 5 N–H and O–H groups in total. The highest BCUT2D eigenvalue weighted by Crippen LogP contribution is 2.31. The van der Waals surface area contributed by atoms with Crippen molar-refractivity contribution in [2.24, 2.45) is 5.73 Å². The predicted molar refractivity (Wildman–Crippen MR) is 135 cm³/mol. The molecular weight excluding hydrogens is 490 g/mol. The predicted octanol–water partition coefficient (Wildman–Crippen LogP) is 3.89. The molecule has 4 rings (SSSR count). The highest BCUT2D eigenvalue weighted by molar-refractivity contribution is 5.94. The van der Waals surface area contributed by atoms with Crippen LogP contribution in [0.4, 0.5) is 28.9 Å². The van der Waals surface area contributed by atoms with Crippen molar-refractivity contribution in [2.75, 3.05) is 37.4 Å². The van der Waals surface area contributed by atoms with E-state index in [2.05, 4.69) is 27.8 Å². The molecule has 3 aromatic rings. The van der Waals surface area contributed by atoms with E-state index < -0.39 is 30.8 Å². The molecule has 7 nitrogen and oxygen atoms in total. The van der Waals surface area contributed by atoms with Crippen molar-refractivity contribution < 1.29 is 27.1 Å². The molecule has 0 spiro atoms. The SMILES string of the molecule is COc1cc(C(N)=O)ccc1NCC#Cc1cc2c(NC3CCNCC3F)cccc2n1CC(F)(F)F. The standard InChI is InChI=1S/C26H27F4N5O2/c1-37-24-12-16(25(31)36)7-8-22(24)33-10-3-4-17-13-18-20(34-21-9-11-32-14-19(21)27)5-2-6-23(18)35(17)15-26(28,29)30/h2,5-8,12-13,19,21,32-34H,9-11,14-15H2,1H3,(H2,31,36). The van der Waals surface area contributed by atoms with Crippen molar-refractivity contribution in [3.63, 3.8) is 0 Å². The summed E-state index contributed by atoms with van der Waals surface area (Å²) in [5.74, 6) is 5.45. The maximum Gasteiger partial charge on any atom is 0.406 e. The minimum atomic E-state index is -4.46. The van der Waals surface area contributed by atoms with E-state index in [-0.39, 0.29) is 24.3 Å². The molecule has 11 heteroatoms. The van der Waals surface area contributed by atoms with E-state index in [0.717, 1.165) is 4.57 Å². The highest BCUT2D eigenvalue weighted by Gasteiger charge is 2.30. The van der Waals surface area contributed by atoms with Gasteiger partial charge in [0.25, 0.3) is 0 Å². The number of carbonyl (C=O) groups excluding carboxylic acids is 1. The Kier molecular flexibility index (Phi) is 7.78. The van der Waals surface area contributed by atoms with Crippen LogP contribution in [0.15, 0.2) is 42.5 Å². The maximum absolute atomic E-state index is 14.4. The average molecular weight is 518 g/mol. The molecule has 1 aliphatic rings. The number of rotatable bonds is 7. The Morgan fingerprint density at radius 2 is 2.05 bits per heavy atom. The van der Waals surface area contributed by atoms with E-state index in [1.165, 1.54) is 19.2 Å². The number of fused-ring (bicyclic) bond motifs is 1. The summed E-state index contributed by atoms with van der Waals surface area (Å²) in [4.78, 5) is 11.4. The minimum absolute atomic E-state index is 0.101. The molecule has 1 aromatic heterocycles. The number of amides is 1. The van der Waals surface area contributed by atoms with Crippen molar-refractivity contribution in [3.05, 3.63) is 53.7 Å². The first-order chi connectivity index (χ1) is 17.7. The van der Waals surface area contributed by atoms with E-state index in [1.807, 2.05) is 0 Å². The van der Waals surface area contributed by atoms with Crippen LogP contribution in [0.1, 0.15) is 22.5 Å². The Morgan fingerprint density at radius 1 is 1.24 bits per heavy atom. The van der Waals surface area contributed by atoms with Crippen molar-refractivity contribution in [3.8, 4) is 17.6 Å². The van der Waals surface area contributed by atoms with Crippen LogP contribution in [0.25, 0.3) is 10.9 Å². The second-order valence-corrected chi connectivity index (χ2v) is 8.66. The average Bonchev–Trinajstić information content (AvgIpc) is 3.19. The zero-order valence-electron chi connectivity index (χ0n) is 20.1. The van der Waals surface area contributed by atoms with Gasteiger partial charge in [-0.2, -0.15) is 13.2 Å². The largest absolute Gasteiger partial charge is 0.495 e. The van der Waals surface area contributed by atoms with Gasteiger partial charge in [-0.1, -0.05) is 12.0 Å². The summed E-state index contributed by atoms with van der Waals surface area (Å²) in [6, 6.07) is 10.7. The number of nitrogens with one attached hydrogen (secondary N) is 3. The van der Waals surface area contributed by atoms with E-state index in [0.29, 0.717) is 41.0 Å². The van der Waals surface area contributed by atoms with Crippen LogP contribution in [0.5, 0.6) is 5.75 Å². The quantitative estimate of drug-likeness (QED) is 0.282. The molecule has 2 heterocycles. The molecular formula is C26H27F4N5O2. The Bertz CT molecular complexity index is 1340. The van der Waals surface area contributed by atoms with Crippen LogP contribution in [-0.2, 0) is 6.54 Å². The molecule has 0 saturated carbocycles. The van der Waals surface area contributed by atoms with Gasteiger partial charge in [-0.25, -0.2) is 4.39 Å². The number of halogens is 4. The van der Waals surface area contributed by atoms with Gasteiger partial charge in [0.15, 0.2) is 0 Å². The second-order valence-electron chi connectivity index (χ2n) is 8.66. The number of ether oxygens (including phenoxy) is 1. The van der Waals surface area contributed by atoms with Crippen LogP contribution in [0.2, 0.25) is 0 Å². The fourth-order valence-electron chi connectivity index (χ4n) is 4.31. The number of piperidine rings is 1. The lowest BCUT2D eigenvalue weighted by Gasteiger charge is -2.28. The molecule has 2 atom stereocenters. The molecule has 1 fully saturated rings. The number of primary amides is 1. The first-order valence-corrected chi connectivity index (χ1v) is 11.7. The van der Waals surface area contributed by atoms with Crippen molar-refractivity contribution in [1.82, 2.24) is 9.88 Å². The lowest BCUT2D eigenvalue weighted by molar-refractivity contribution is -0.140. The van der Waals surface area contributed by atoms with E-state index in [9.17, 15) is 22.4 Å². The van der Waals surface area contributed by atoms with Crippen LogP contribution in [0, 0.1) is 11.8 Å². The second kappa shape index (κ2) is 11.0. The fraction of sp³-hybridized carbons (Fsp3) is 0.346. The first kappa shape index (κ1) is 26.2. The number of alkyl halides is 4. The molecule has 1 saturated heterocycles. The number of nitrogens with two attached hydrogens (primary N) is 1. The van der Waals surface area contributed by atoms with Crippen molar-refractivity contribution in [2.45, 2.75) is 31.4 Å². The van der Waals surface area contributed by atoms with Gasteiger partial charge in [-0.05, 0) is 55.3 Å². The van der Waals surface area contributed by atoms with Crippen molar-refractivity contribution >= 4 is 28.2 Å². The molecule has 1 amide bonds. The summed E-state index contributed by atoms with van der Waals surface area (Å²) in [5, 5.41) is 9.73. The van der Waals surface area contributed by atoms with E-state index in [1.54, 1.807) is 30.3 Å². The number of benzene rings is 2. The number of aromatic nitrogens is 1. The maximum atomic E-state index is 14.4. The molecule has 0 radical (unpaired) electrons. The van der Waals surface area contributed by atoms with Gasteiger partial charge in [0.1, 0.15) is 18.5 Å². The zero-order valence-corrected chi connectivity index (χ0v) is 20.1. The smallest absolute Gasteiger partial charge is 0.406 e. The number of methoxy groups -OCH3 is 1. The van der Waals surface area contributed by atoms with Gasteiger partial charge in [-0.3, -0.25) is 4.79 Å². The summed E-state index contributed by atoms with van der Waals surface area (Å²) in [6.07, 6.45) is -5.01. The molecule has 196 valence electrons. The molecule has 0 bridgehead atoms. The monoisotopic (exact) mass is 517 g/mol. The minimum Gasteiger partial charge on any atom is -0.495 e. The molecule has 0 aliphatic carbocycles. The number of hydrogen-bond donors (Lipinski definition) is 4. The summed E-state index contributed by atoms with van der Waals surface area (Å²) in [5.41, 5.74) is 7.21. The van der Waals surface area contributed by atoms with Crippen molar-refractivity contribution in [1.29, 1.82) is 0 Å². The summed E-state index contributed by atoms with van der Waals surface area (Å²) in [7, 11) is 1.44. The van der Waals surface area contributed by atoms with Gasteiger partial charge < -0.3 is 31.0 Å². The third-order valence-corrected chi connectivity index (χ3v) is 6.10. The Balaban J connectivity index is 1.61. The molecule has 2 unspecified atom stereocenters. The third-order valence-electron chi connectivity index (χ3n) is 6.10. The Morgan fingerprint density at radius 3 is 2.76 bits per heavy atom. The fourth-order valence-corrected chi connectivity index (χ4v) is 4.31. The van der Waals surface area contributed by atoms with Gasteiger partial charge in [0.05, 0.1) is 36.6 Å². The van der Waals surface area contributed by atoms with Gasteiger partial charge in [0.2, 0.25) is 5.91 Å². The van der Waals surface area contributed by atoms with Crippen LogP contribution in [0.3, 0.4) is 0 Å². The number of nitrogens with zero attached hydrogens (tertiary/aromatic N) is 1. The van der Waals surface area contributed by atoms with Crippen LogP contribution in [-0.4, -0.2) is 55.6 Å². The van der Waals surface area contributed by atoms with E-state index >= 15 is 0 Å². The van der Waals surface area contributed by atoms with E-state index in [4.69, 9.17) is 10.5 Å². The lowest BCUT2D eigenvalue weighted by atomic mass is 10.0. The molecule has 37 heavy (non-hydrogen) atoms. The number of anilines is 2. The van der Waals surface area contributed by atoms with Gasteiger partial charge >= 0.3 is 6.18 Å². The number of carbonyl (C=O) groups is 1. The van der Waals surface area contributed by atoms with Crippen LogP contribution < -0.4 is 26.4 Å². The number of hydrogen-bond acceptors (Lipinski definition) is 5. The normalized spacial score (nSPS) is 17.6. The summed E-state index contributed by atoms with van der Waals surface area (Å²) in [6.45, 7) is -0.228. The highest BCUT2D eigenvalue weighted by atomic mass is 19.4. The zero-order chi connectivity index (χ0) is 26.6. The van der Waals surface area contributed by atoms with Gasteiger partial charge in [0, 0.05) is 23.2 Å². The Hall–Kier alpha value is -3.91.